The van der Waals surface area contributed by atoms with Gasteiger partial charge in [-0.2, -0.15) is 0 Å². The first-order valence-electron chi connectivity index (χ1n) is 13.6. The van der Waals surface area contributed by atoms with E-state index in [-0.39, 0.29) is 18.1 Å². The lowest BCUT2D eigenvalue weighted by molar-refractivity contribution is -0.155. The molecule has 1 aromatic rings. The molecular weight excluding hydrogens is 460 g/mol. The number of hydroxylamine groups is 2. The standard InChI is InChI=1S/C26H44N6O4/c33-25(29-15-11-23-8-7-12-27-22-23)28-13-5-2-6-14-30-26(34)32(24-9-3-1-4-10-24)36-21-18-31-16-19-35-20-17-31/h7-8,12,22,24H,1-6,9-11,13-21H2,(H,30,34)(H2,28,29,33). The van der Waals surface area contributed by atoms with Gasteiger partial charge in [0.2, 0.25) is 0 Å². The first-order valence-corrected chi connectivity index (χ1v) is 13.6. The molecule has 0 bridgehead atoms. The number of hydrogen-bond acceptors (Lipinski definition) is 6. The van der Waals surface area contributed by atoms with Crippen LogP contribution >= 0.6 is 0 Å². The minimum absolute atomic E-state index is 0.130. The Labute approximate surface area is 215 Å². The SMILES string of the molecule is O=C(NCCCCCNC(=O)N(OCCN1CCOCC1)C1CCCCC1)NCCc1cccnc1. The second-order valence-electron chi connectivity index (χ2n) is 9.49. The molecule has 3 rings (SSSR count). The number of amides is 4. The highest BCUT2D eigenvalue weighted by molar-refractivity contribution is 5.74. The van der Waals surface area contributed by atoms with Crippen molar-refractivity contribution in [3.05, 3.63) is 30.1 Å². The van der Waals surface area contributed by atoms with Gasteiger partial charge in [-0.25, -0.2) is 14.7 Å². The summed E-state index contributed by atoms with van der Waals surface area (Å²) in [5.41, 5.74) is 1.10. The molecule has 0 unspecified atom stereocenters. The van der Waals surface area contributed by atoms with E-state index in [4.69, 9.17) is 9.57 Å². The first kappa shape index (κ1) is 28.1. The molecule has 2 aliphatic rings. The van der Waals surface area contributed by atoms with E-state index in [1.54, 1.807) is 11.3 Å². The third kappa shape index (κ3) is 11.1. The molecule has 2 heterocycles. The van der Waals surface area contributed by atoms with Crippen molar-refractivity contribution in [3.8, 4) is 0 Å². The zero-order valence-corrected chi connectivity index (χ0v) is 21.6. The molecule has 1 saturated heterocycles. The minimum Gasteiger partial charge on any atom is -0.379 e. The number of carbonyl (C=O) groups is 2. The highest BCUT2D eigenvalue weighted by atomic mass is 16.7. The van der Waals surface area contributed by atoms with Crippen LogP contribution in [0.5, 0.6) is 0 Å². The monoisotopic (exact) mass is 504 g/mol. The average molecular weight is 505 g/mol. The molecule has 4 amide bonds. The summed E-state index contributed by atoms with van der Waals surface area (Å²) < 4.78 is 5.40. The van der Waals surface area contributed by atoms with Gasteiger partial charge in [-0.3, -0.25) is 14.7 Å². The summed E-state index contributed by atoms with van der Waals surface area (Å²) in [6.45, 7) is 6.48. The molecule has 0 aromatic carbocycles. The molecule has 10 nitrogen and oxygen atoms in total. The van der Waals surface area contributed by atoms with Crippen molar-refractivity contribution in [1.29, 1.82) is 0 Å². The summed E-state index contributed by atoms with van der Waals surface area (Å²) >= 11 is 0. The maximum Gasteiger partial charge on any atom is 0.341 e. The van der Waals surface area contributed by atoms with Crippen molar-refractivity contribution in [3.63, 3.8) is 0 Å². The van der Waals surface area contributed by atoms with E-state index in [0.29, 0.717) is 26.2 Å². The molecule has 1 aromatic heterocycles. The number of morpholine rings is 1. The van der Waals surface area contributed by atoms with Crippen LogP contribution in [-0.4, -0.2) is 92.1 Å². The lowest BCUT2D eigenvalue weighted by Gasteiger charge is -2.34. The van der Waals surface area contributed by atoms with Gasteiger partial charge in [0, 0.05) is 51.7 Å². The number of urea groups is 2. The molecule has 1 saturated carbocycles. The number of aromatic nitrogens is 1. The van der Waals surface area contributed by atoms with Gasteiger partial charge in [-0.05, 0) is 50.2 Å². The summed E-state index contributed by atoms with van der Waals surface area (Å²) in [6, 6.07) is 3.77. The summed E-state index contributed by atoms with van der Waals surface area (Å²) in [4.78, 5) is 37.2. The largest absolute Gasteiger partial charge is 0.379 e. The van der Waals surface area contributed by atoms with E-state index < -0.39 is 0 Å². The average Bonchev–Trinajstić information content (AvgIpc) is 2.92. The fourth-order valence-electron chi connectivity index (χ4n) is 4.57. The lowest BCUT2D eigenvalue weighted by Crippen LogP contribution is -2.48. The van der Waals surface area contributed by atoms with Crippen LogP contribution in [0, 0.1) is 0 Å². The number of ether oxygens (including phenoxy) is 1. The van der Waals surface area contributed by atoms with Gasteiger partial charge >= 0.3 is 12.1 Å². The van der Waals surface area contributed by atoms with Crippen LogP contribution in [0.2, 0.25) is 0 Å². The predicted molar refractivity (Wildman–Crippen MR) is 139 cm³/mol. The topological polar surface area (TPSA) is 108 Å². The minimum atomic E-state index is -0.149. The van der Waals surface area contributed by atoms with E-state index in [9.17, 15) is 9.59 Å². The number of hydrogen-bond donors (Lipinski definition) is 3. The molecule has 202 valence electrons. The molecular formula is C26H44N6O4. The third-order valence-electron chi connectivity index (χ3n) is 6.69. The van der Waals surface area contributed by atoms with E-state index in [1.807, 2.05) is 18.3 Å². The molecule has 1 aliphatic heterocycles. The third-order valence-corrected chi connectivity index (χ3v) is 6.69. The number of pyridine rings is 1. The van der Waals surface area contributed by atoms with Crippen LogP contribution in [0.1, 0.15) is 56.9 Å². The van der Waals surface area contributed by atoms with Crippen LogP contribution in [0.4, 0.5) is 9.59 Å². The summed E-state index contributed by atoms with van der Waals surface area (Å²) in [7, 11) is 0. The second-order valence-corrected chi connectivity index (χ2v) is 9.49. The van der Waals surface area contributed by atoms with Crippen LogP contribution in [-0.2, 0) is 16.0 Å². The molecule has 0 radical (unpaired) electrons. The van der Waals surface area contributed by atoms with Crippen molar-refractivity contribution < 1.29 is 19.2 Å². The highest BCUT2D eigenvalue weighted by Crippen LogP contribution is 2.23. The van der Waals surface area contributed by atoms with Crippen molar-refractivity contribution in [2.24, 2.45) is 0 Å². The zero-order valence-electron chi connectivity index (χ0n) is 21.6. The summed E-state index contributed by atoms with van der Waals surface area (Å²) in [5, 5.41) is 10.4. The number of nitrogens with one attached hydrogen (secondary N) is 3. The smallest absolute Gasteiger partial charge is 0.341 e. The van der Waals surface area contributed by atoms with Crippen LogP contribution < -0.4 is 16.0 Å². The summed E-state index contributed by atoms with van der Waals surface area (Å²) in [5.74, 6) is 0. The zero-order chi connectivity index (χ0) is 25.3. The Kier molecular flexibility index (Phi) is 13.4. The van der Waals surface area contributed by atoms with E-state index in [1.165, 1.54) is 6.42 Å². The Morgan fingerprint density at radius 3 is 2.53 bits per heavy atom. The van der Waals surface area contributed by atoms with Gasteiger partial charge < -0.3 is 20.7 Å². The van der Waals surface area contributed by atoms with Gasteiger partial charge in [-0.1, -0.05) is 25.3 Å². The van der Waals surface area contributed by atoms with Gasteiger partial charge in [-0.15, -0.1) is 0 Å². The molecule has 0 atom stereocenters. The Morgan fingerprint density at radius 1 is 1.03 bits per heavy atom. The molecule has 10 heteroatoms. The normalized spacial score (nSPS) is 16.9. The highest BCUT2D eigenvalue weighted by Gasteiger charge is 2.26. The van der Waals surface area contributed by atoms with Crippen LogP contribution in [0.15, 0.2) is 24.5 Å². The first-order chi connectivity index (χ1) is 17.7. The van der Waals surface area contributed by atoms with E-state index >= 15 is 0 Å². The van der Waals surface area contributed by atoms with E-state index in [0.717, 1.165) is 89.8 Å². The Hall–Kier alpha value is -2.43. The van der Waals surface area contributed by atoms with Gasteiger partial charge in [0.05, 0.1) is 25.9 Å². The fourth-order valence-corrected chi connectivity index (χ4v) is 4.57. The molecule has 0 spiro atoms. The van der Waals surface area contributed by atoms with Gasteiger partial charge in [0.25, 0.3) is 0 Å². The second kappa shape index (κ2) is 17.1. The molecule has 2 fully saturated rings. The number of nitrogens with zero attached hydrogens (tertiary/aromatic N) is 3. The Morgan fingerprint density at radius 2 is 1.78 bits per heavy atom. The number of unbranched alkanes of at least 4 members (excludes halogenated alkanes) is 2. The van der Waals surface area contributed by atoms with Crippen molar-refractivity contribution in [2.45, 2.75) is 63.8 Å². The predicted octanol–water partition coefficient (Wildman–Crippen LogP) is 2.70. The molecule has 36 heavy (non-hydrogen) atoms. The molecule has 1 aliphatic carbocycles. The Bertz CT molecular complexity index is 741. The summed E-state index contributed by atoms with van der Waals surface area (Å²) in [6.07, 6.45) is 12.5. The lowest BCUT2D eigenvalue weighted by atomic mass is 9.95. The number of rotatable bonds is 14. The number of carbonyl (C=O) groups excluding carboxylic acids is 2. The Balaban J connectivity index is 1.24. The van der Waals surface area contributed by atoms with Crippen molar-refractivity contribution >= 4 is 12.1 Å². The van der Waals surface area contributed by atoms with E-state index in [2.05, 4.69) is 25.8 Å². The fraction of sp³-hybridized carbons (Fsp3) is 0.731. The molecule has 3 N–H and O–H groups in total. The van der Waals surface area contributed by atoms with Crippen LogP contribution in [0.3, 0.4) is 0 Å². The quantitative estimate of drug-likeness (QED) is 0.266. The van der Waals surface area contributed by atoms with Crippen molar-refractivity contribution in [2.75, 3.05) is 59.1 Å². The van der Waals surface area contributed by atoms with Crippen molar-refractivity contribution in [1.82, 2.24) is 30.9 Å². The maximum absolute atomic E-state index is 12.9. The maximum atomic E-state index is 12.9. The van der Waals surface area contributed by atoms with Crippen LogP contribution in [0.25, 0.3) is 0 Å². The van der Waals surface area contributed by atoms with Gasteiger partial charge in [0.1, 0.15) is 0 Å². The van der Waals surface area contributed by atoms with Gasteiger partial charge in [0.15, 0.2) is 0 Å².